The minimum absolute atomic E-state index is 0.0528. The summed E-state index contributed by atoms with van der Waals surface area (Å²) in [4.78, 5) is 28.4. The van der Waals surface area contributed by atoms with Gasteiger partial charge in [-0.3, -0.25) is 5.73 Å². The Morgan fingerprint density at radius 1 is 1.12 bits per heavy atom. The van der Waals surface area contributed by atoms with Crippen molar-refractivity contribution in [3.63, 3.8) is 0 Å². The van der Waals surface area contributed by atoms with E-state index < -0.39 is 32.0 Å². The molecule has 182 valence electrons. The zero-order chi connectivity index (χ0) is 25.3. The lowest BCUT2D eigenvalue weighted by atomic mass is 10.0. The number of aliphatic carboxylic acids is 1. The molecule has 3 atom stereocenters. The van der Waals surface area contributed by atoms with Crippen molar-refractivity contribution in [2.75, 3.05) is 0 Å². The molecule has 12 heteroatoms. The highest BCUT2D eigenvalue weighted by Crippen LogP contribution is 2.39. The van der Waals surface area contributed by atoms with Crippen molar-refractivity contribution in [2.45, 2.75) is 38.7 Å². The van der Waals surface area contributed by atoms with Gasteiger partial charge in [-0.05, 0) is 29.2 Å². The van der Waals surface area contributed by atoms with Crippen LogP contribution >= 0.6 is 8.25 Å². The van der Waals surface area contributed by atoms with Gasteiger partial charge in [0.1, 0.15) is 6.61 Å². The Hall–Kier alpha value is -3.37. The molecule has 0 radical (unpaired) electrons. The maximum atomic E-state index is 12.7. The van der Waals surface area contributed by atoms with Gasteiger partial charge in [0.2, 0.25) is 6.10 Å². The summed E-state index contributed by atoms with van der Waals surface area (Å²) in [6.07, 6.45) is -1.76. The summed E-state index contributed by atoms with van der Waals surface area (Å²) in [7, 11) is -3.16. The average molecular weight is 491 g/mol. The van der Waals surface area contributed by atoms with Crippen molar-refractivity contribution in [3.8, 4) is 0 Å². The highest BCUT2D eigenvalue weighted by atomic mass is 31.1. The Bertz CT molecular complexity index is 1040. The molecule has 2 aromatic rings. The Kier molecular flexibility index (Phi) is 9.64. The Morgan fingerprint density at radius 2 is 1.79 bits per heavy atom. The molecule has 11 nitrogen and oxygen atoms in total. The highest BCUT2D eigenvalue weighted by molar-refractivity contribution is 7.33. The molecule has 3 unspecified atom stereocenters. The smallest absolute Gasteiger partial charge is 0.479 e. The molecule has 2 rings (SSSR count). The second kappa shape index (κ2) is 12.2. The van der Waals surface area contributed by atoms with Crippen molar-refractivity contribution in [3.05, 3.63) is 65.7 Å². The molecule has 0 amide bonds. The fourth-order valence-electron chi connectivity index (χ4n) is 3.01. The van der Waals surface area contributed by atoms with Crippen molar-refractivity contribution in [2.24, 2.45) is 28.1 Å². The Balaban J connectivity index is 2.17. The topological polar surface area (TPSA) is 190 Å². The zero-order valence-electron chi connectivity index (χ0n) is 18.8. The molecule has 0 aliphatic rings. The van der Waals surface area contributed by atoms with Crippen LogP contribution in [0, 0.1) is 5.92 Å². The number of nitrogens with two attached hydrogens (primary N) is 3. The summed E-state index contributed by atoms with van der Waals surface area (Å²) in [6.45, 7) is 3.48. The van der Waals surface area contributed by atoms with Gasteiger partial charge in [0, 0.05) is 11.0 Å². The van der Waals surface area contributed by atoms with Crippen molar-refractivity contribution in [1.29, 1.82) is 0 Å². The first-order valence-corrected chi connectivity index (χ1v) is 11.4. The van der Waals surface area contributed by atoms with Crippen molar-refractivity contribution in [1.82, 2.24) is 0 Å². The van der Waals surface area contributed by atoms with E-state index in [4.69, 9.17) is 31.0 Å². The van der Waals surface area contributed by atoms with E-state index in [0.29, 0.717) is 0 Å². The third kappa shape index (κ3) is 8.20. The van der Waals surface area contributed by atoms with Gasteiger partial charge in [-0.1, -0.05) is 65.4 Å². The second-order valence-corrected chi connectivity index (χ2v) is 8.66. The summed E-state index contributed by atoms with van der Waals surface area (Å²) >= 11 is 0. The van der Waals surface area contributed by atoms with Crippen molar-refractivity contribution >= 4 is 31.8 Å². The quantitative estimate of drug-likeness (QED) is 0.113. The van der Waals surface area contributed by atoms with Gasteiger partial charge in [0.15, 0.2) is 5.96 Å². The highest BCUT2D eigenvalue weighted by Gasteiger charge is 2.49. The fraction of sp³-hybridized carbons (Fsp3) is 0.318. The molecule has 0 saturated carbocycles. The first-order chi connectivity index (χ1) is 16.0. The number of ether oxygens (including phenoxy) is 1. The van der Waals surface area contributed by atoms with E-state index in [1.807, 2.05) is 6.07 Å². The van der Waals surface area contributed by atoms with Crippen LogP contribution in [0.25, 0.3) is 0 Å². The summed E-state index contributed by atoms with van der Waals surface area (Å²) in [5, 5.41) is 9.59. The summed E-state index contributed by atoms with van der Waals surface area (Å²) in [6, 6.07) is 14.7. The maximum Gasteiger partial charge on any atom is 0.701 e. The standard InChI is InChI=1S/C22H27N4O7P/c1-14(2)12-22(25,20(29)31-13-15-7-4-3-5-8-15)33-34(30)32-18(19(27)28)16-9-6-10-17(11-16)26-21(23)24/h3-11,14,18H,12-13,25H2,1-2H3,(H4-,23,24,26,27,28)/p+1. The number of aliphatic imine (C=N–C) groups is 1. The molecule has 0 aromatic heterocycles. The lowest BCUT2D eigenvalue weighted by molar-refractivity contribution is -0.165. The lowest BCUT2D eigenvalue weighted by Crippen LogP contribution is -2.51. The summed E-state index contributed by atoms with van der Waals surface area (Å²) < 4.78 is 28.3. The number of benzene rings is 2. The minimum Gasteiger partial charge on any atom is -0.479 e. The molecule has 0 spiro atoms. The number of hydrogen-bond donors (Lipinski definition) is 4. The van der Waals surface area contributed by atoms with E-state index in [1.54, 1.807) is 38.1 Å². The molecule has 0 bridgehead atoms. The maximum absolute atomic E-state index is 12.7. The summed E-state index contributed by atoms with van der Waals surface area (Å²) in [5.41, 5.74) is 15.8. The Morgan fingerprint density at radius 3 is 2.38 bits per heavy atom. The number of hydrogen-bond acceptors (Lipinski definition) is 8. The molecular formula is C22H28N4O7P+. The molecule has 34 heavy (non-hydrogen) atoms. The number of esters is 1. The van der Waals surface area contributed by atoms with Crippen LogP contribution in [0.1, 0.15) is 37.5 Å². The van der Waals surface area contributed by atoms with Gasteiger partial charge in [-0.15, -0.1) is 0 Å². The van der Waals surface area contributed by atoms with E-state index in [9.17, 15) is 19.3 Å². The van der Waals surface area contributed by atoms with Crippen LogP contribution in [-0.2, 0) is 34.5 Å². The number of rotatable bonds is 12. The van der Waals surface area contributed by atoms with Gasteiger partial charge < -0.3 is 21.3 Å². The van der Waals surface area contributed by atoms with Gasteiger partial charge in [0.25, 0.3) is 5.72 Å². The number of nitrogens with zero attached hydrogens (tertiary/aromatic N) is 1. The Labute approximate surface area is 197 Å². The third-order valence-electron chi connectivity index (χ3n) is 4.35. The number of carboxylic acid groups (broad SMARTS) is 1. The third-order valence-corrected chi connectivity index (χ3v) is 5.21. The van der Waals surface area contributed by atoms with E-state index >= 15 is 0 Å². The number of carboxylic acids is 1. The van der Waals surface area contributed by atoms with E-state index in [2.05, 4.69) is 4.99 Å². The van der Waals surface area contributed by atoms with Crippen LogP contribution in [0.4, 0.5) is 5.69 Å². The predicted octanol–water partition coefficient (Wildman–Crippen LogP) is 2.85. The number of guanidine groups is 1. The van der Waals surface area contributed by atoms with E-state index in [0.717, 1.165) is 5.56 Å². The fourth-order valence-corrected chi connectivity index (χ4v) is 3.85. The first kappa shape index (κ1) is 26.9. The molecule has 0 saturated heterocycles. The van der Waals surface area contributed by atoms with Crippen LogP contribution in [0.2, 0.25) is 0 Å². The van der Waals surface area contributed by atoms with Crippen LogP contribution < -0.4 is 17.2 Å². The lowest BCUT2D eigenvalue weighted by Gasteiger charge is -2.23. The second-order valence-electron chi connectivity index (χ2n) is 7.82. The van der Waals surface area contributed by atoms with Crippen LogP contribution in [-0.4, -0.2) is 28.7 Å². The van der Waals surface area contributed by atoms with Gasteiger partial charge >= 0.3 is 20.2 Å². The first-order valence-electron chi connectivity index (χ1n) is 10.3. The molecular weight excluding hydrogens is 463 g/mol. The van der Waals surface area contributed by atoms with Gasteiger partial charge in [-0.2, -0.15) is 0 Å². The molecule has 0 fully saturated rings. The summed E-state index contributed by atoms with van der Waals surface area (Å²) in [5.74, 6) is -2.79. The molecule has 0 heterocycles. The number of carbonyl (C=O) groups excluding carboxylic acids is 1. The zero-order valence-corrected chi connectivity index (χ0v) is 19.7. The van der Waals surface area contributed by atoms with Crippen LogP contribution in [0.15, 0.2) is 59.6 Å². The van der Waals surface area contributed by atoms with E-state index in [-0.39, 0.29) is 36.2 Å². The number of carbonyl (C=O) groups is 2. The van der Waals surface area contributed by atoms with Gasteiger partial charge in [-0.25, -0.2) is 14.6 Å². The molecule has 2 aromatic carbocycles. The minimum atomic E-state index is -3.16. The predicted molar refractivity (Wildman–Crippen MR) is 125 cm³/mol. The van der Waals surface area contributed by atoms with Crippen molar-refractivity contribution < 1.29 is 33.0 Å². The molecule has 0 aliphatic carbocycles. The SMILES string of the molecule is CC(C)CC(N)(O[P+](=O)OC(C(=O)O)c1cccc(N=C(N)N)c1)C(=O)OCc1ccccc1. The van der Waals surface area contributed by atoms with Gasteiger partial charge in [0.05, 0.1) is 5.69 Å². The van der Waals surface area contributed by atoms with Crippen LogP contribution in [0.3, 0.4) is 0 Å². The average Bonchev–Trinajstić information content (AvgIpc) is 2.75. The monoisotopic (exact) mass is 491 g/mol. The molecule has 0 aliphatic heterocycles. The van der Waals surface area contributed by atoms with Crippen LogP contribution in [0.5, 0.6) is 0 Å². The molecule has 7 N–H and O–H groups in total. The van der Waals surface area contributed by atoms with E-state index in [1.165, 1.54) is 24.3 Å². The largest absolute Gasteiger partial charge is 0.701 e. The normalized spacial score (nSPS) is 14.1.